The van der Waals surface area contributed by atoms with Crippen LogP contribution in [0.15, 0.2) is 30.3 Å². The van der Waals surface area contributed by atoms with Crippen molar-refractivity contribution < 1.29 is 17.3 Å². The monoisotopic (exact) mass is 313 g/mol. The van der Waals surface area contributed by atoms with Gasteiger partial charge in [-0.15, -0.1) is 0 Å². The third kappa shape index (κ3) is 5.30. The van der Waals surface area contributed by atoms with Crippen molar-refractivity contribution >= 4 is 10.1 Å². The lowest BCUT2D eigenvalue weighted by Crippen LogP contribution is -2.52. The van der Waals surface area contributed by atoms with E-state index in [1.54, 1.807) is 24.3 Å². The third-order valence-corrected chi connectivity index (χ3v) is 4.39. The molecule has 0 spiro atoms. The summed E-state index contributed by atoms with van der Waals surface area (Å²) in [6.07, 6.45) is 0.103. The van der Waals surface area contributed by atoms with Crippen molar-refractivity contribution in [1.82, 2.24) is 4.90 Å². The van der Waals surface area contributed by atoms with Crippen molar-refractivity contribution in [2.75, 3.05) is 25.4 Å². The molecule has 118 valence electrons. The zero-order valence-electron chi connectivity index (χ0n) is 12.8. The maximum atomic E-state index is 12.0. The highest BCUT2D eigenvalue weighted by Crippen LogP contribution is 2.20. The first-order valence-corrected chi connectivity index (χ1v) is 8.71. The molecule has 1 heterocycles. The molecular weight excluding hydrogens is 290 g/mol. The van der Waals surface area contributed by atoms with Crippen LogP contribution in [0, 0.1) is 0 Å². The molecular formula is C15H23NO4S. The summed E-state index contributed by atoms with van der Waals surface area (Å²) in [5, 5.41) is 0. The first-order chi connectivity index (χ1) is 9.76. The number of rotatable bonds is 5. The highest BCUT2D eigenvalue weighted by molar-refractivity contribution is 7.87. The fourth-order valence-corrected chi connectivity index (χ4v) is 3.63. The lowest BCUT2D eigenvalue weighted by Gasteiger charge is -2.41. The van der Waals surface area contributed by atoms with Gasteiger partial charge in [-0.2, -0.15) is 8.42 Å². The minimum atomic E-state index is -3.57. The summed E-state index contributed by atoms with van der Waals surface area (Å²) in [5.74, 6) is 0.332. The van der Waals surface area contributed by atoms with Crippen molar-refractivity contribution in [3.63, 3.8) is 0 Å². The van der Waals surface area contributed by atoms with Crippen molar-refractivity contribution in [3.05, 3.63) is 30.3 Å². The molecule has 0 radical (unpaired) electrons. The summed E-state index contributed by atoms with van der Waals surface area (Å²) in [7, 11) is -3.57. The number of hydrogen-bond acceptors (Lipinski definition) is 5. The molecule has 1 aliphatic heterocycles. The van der Waals surface area contributed by atoms with E-state index in [1.807, 2.05) is 26.8 Å². The average Bonchev–Trinajstić information content (AvgIpc) is 2.35. The zero-order chi connectivity index (χ0) is 15.5. The minimum absolute atomic E-state index is 0.0231. The maximum absolute atomic E-state index is 12.0. The van der Waals surface area contributed by atoms with Crippen LogP contribution in [0.1, 0.15) is 20.8 Å². The van der Waals surface area contributed by atoms with E-state index in [1.165, 1.54) is 0 Å². The Kier molecular flexibility index (Phi) is 4.91. The van der Waals surface area contributed by atoms with Crippen LogP contribution in [-0.4, -0.2) is 50.4 Å². The van der Waals surface area contributed by atoms with E-state index in [2.05, 4.69) is 4.90 Å². The summed E-state index contributed by atoms with van der Waals surface area (Å²) in [6.45, 7) is 7.95. The maximum Gasteiger partial charge on any atom is 0.310 e. The largest absolute Gasteiger partial charge is 0.382 e. The van der Waals surface area contributed by atoms with Crippen LogP contribution < -0.4 is 4.18 Å². The van der Waals surface area contributed by atoms with E-state index in [0.717, 1.165) is 13.1 Å². The normalized spacial score (nSPS) is 22.9. The van der Waals surface area contributed by atoms with Crippen molar-refractivity contribution in [2.24, 2.45) is 0 Å². The summed E-state index contributed by atoms with van der Waals surface area (Å²) in [5.41, 5.74) is -0.248. The second-order valence-corrected chi connectivity index (χ2v) is 7.77. The number of morpholine rings is 1. The molecule has 1 aliphatic rings. The molecule has 0 unspecified atom stereocenters. The molecule has 5 nitrogen and oxygen atoms in total. The van der Waals surface area contributed by atoms with Gasteiger partial charge >= 0.3 is 10.1 Å². The van der Waals surface area contributed by atoms with Gasteiger partial charge in [-0.25, -0.2) is 0 Å². The second kappa shape index (κ2) is 6.34. The summed E-state index contributed by atoms with van der Waals surface area (Å²) < 4.78 is 34.9. The Morgan fingerprint density at radius 3 is 2.62 bits per heavy atom. The van der Waals surface area contributed by atoms with E-state index in [0.29, 0.717) is 12.3 Å². The van der Waals surface area contributed by atoms with E-state index >= 15 is 0 Å². The van der Waals surface area contributed by atoms with Crippen molar-refractivity contribution in [3.8, 4) is 5.75 Å². The molecule has 0 aromatic heterocycles. The lowest BCUT2D eigenvalue weighted by atomic mass is 10.1. The molecule has 0 N–H and O–H groups in total. The Morgan fingerprint density at radius 1 is 1.33 bits per heavy atom. The number of ether oxygens (including phenoxy) is 1. The van der Waals surface area contributed by atoms with Gasteiger partial charge in [0, 0.05) is 19.6 Å². The van der Waals surface area contributed by atoms with Gasteiger partial charge in [-0.1, -0.05) is 18.2 Å². The summed E-state index contributed by atoms with van der Waals surface area (Å²) in [4.78, 5) is 2.11. The first-order valence-electron chi connectivity index (χ1n) is 7.13. The highest BCUT2D eigenvalue weighted by atomic mass is 32.2. The van der Waals surface area contributed by atoms with Gasteiger partial charge in [0.25, 0.3) is 0 Å². The Labute approximate surface area is 127 Å². The van der Waals surface area contributed by atoms with Crippen molar-refractivity contribution in [2.45, 2.75) is 32.5 Å². The molecule has 1 aromatic rings. The van der Waals surface area contributed by atoms with Gasteiger partial charge < -0.3 is 8.92 Å². The van der Waals surface area contributed by atoms with Crippen LogP contribution in [0.5, 0.6) is 5.75 Å². The number of nitrogens with zero attached hydrogens (tertiary/aromatic N) is 1. The molecule has 0 aliphatic carbocycles. The van der Waals surface area contributed by atoms with Gasteiger partial charge in [0.05, 0.1) is 17.5 Å². The van der Waals surface area contributed by atoms with E-state index < -0.39 is 10.1 Å². The van der Waals surface area contributed by atoms with Crippen LogP contribution in [0.4, 0.5) is 0 Å². The molecule has 6 heteroatoms. The molecule has 1 atom stereocenters. The smallest absolute Gasteiger partial charge is 0.310 e. The molecule has 1 fully saturated rings. The fourth-order valence-electron chi connectivity index (χ4n) is 2.66. The van der Waals surface area contributed by atoms with Crippen LogP contribution in [0.25, 0.3) is 0 Å². The quantitative estimate of drug-likeness (QED) is 0.777. The van der Waals surface area contributed by atoms with Crippen LogP contribution >= 0.6 is 0 Å². The highest BCUT2D eigenvalue weighted by Gasteiger charge is 2.31. The Balaban J connectivity index is 1.90. The van der Waals surface area contributed by atoms with Crippen LogP contribution in [0.2, 0.25) is 0 Å². The van der Waals surface area contributed by atoms with E-state index in [9.17, 15) is 8.42 Å². The summed E-state index contributed by atoms with van der Waals surface area (Å²) in [6, 6.07) is 8.58. The Hall–Kier alpha value is -1.11. The summed E-state index contributed by atoms with van der Waals surface area (Å²) >= 11 is 0. The predicted molar refractivity (Wildman–Crippen MR) is 81.9 cm³/mol. The van der Waals surface area contributed by atoms with Crippen LogP contribution in [0.3, 0.4) is 0 Å². The molecule has 21 heavy (non-hydrogen) atoms. The molecule has 1 aromatic carbocycles. The second-order valence-electron chi connectivity index (χ2n) is 6.08. The Morgan fingerprint density at radius 2 is 2.00 bits per heavy atom. The van der Waals surface area contributed by atoms with Crippen LogP contribution in [-0.2, 0) is 14.9 Å². The number of hydrogen-bond donors (Lipinski definition) is 0. The molecule has 0 amide bonds. The molecule has 0 saturated carbocycles. The number of benzene rings is 1. The van der Waals surface area contributed by atoms with Gasteiger partial charge in [0.1, 0.15) is 5.75 Å². The standard InChI is InChI=1S/C15H23NO4S/c1-13-11-16(12-15(2,3)19-13)9-10-21(17,18)20-14-7-5-4-6-8-14/h4-8,13H,9-12H2,1-3H3/t13-/m1/s1. The Bertz CT molecular complexity index is 556. The molecule has 2 rings (SSSR count). The fraction of sp³-hybridized carbons (Fsp3) is 0.600. The predicted octanol–water partition coefficient (Wildman–Crippen LogP) is 1.89. The first kappa shape index (κ1) is 16.3. The minimum Gasteiger partial charge on any atom is -0.382 e. The van der Waals surface area contributed by atoms with E-state index in [4.69, 9.17) is 8.92 Å². The number of para-hydroxylation sites is 1. The average molecular weight is 313 g/mol. The molecule has 1 saturated heterocycles. The van der Waals surface area contributed by atoms with Crippen molar-refractivity contribution in [1.29, 1.82) is 0 Å². The van der Waals surface area contributed by atoms with Gasteiger partial charge in [0.15, 0.2) is 0 Å². The topological polar surface area (TPSA) is 55.8 Å². The van der Waals surface area contributed by atoms with Gasteiger partial charge in [-0.05, 0) is 32.9 Å². The zero-order valence-corrected chi connectivity index (χ0v) is 13.6. The van der Waals surface area contributed by atoms with Gasteiger partial charge in [-0.3, -0.25) is 4.90 Å². The lowest BCUT2D eigenvalue weighted by molar-refractivity contribution is -0.127. The SMILES string of the molecule is C[C@@H]1CN(CCS(=O)(=O)Oc2ccccc2)CC(C)(C)O1. The third-order valence-electron chi connectivity index (χ3n) is 3.26. The van der Waals surface area contributed by atoms with Gasteiger partial charge in [0.2, 0.25) is 0 Å². The van der Waals surface area contributed by atoms with E-state index in [-0.39, 0.29) is 17.5 Å². The molecule has 0 bridgehead atoms.